The van der Waals surface area contributed by atoms with E-state index in [1.807, 2.05) is 12.1 Å². The minimum atomic E-state index is -0.0258. The van der Waals surface area contributed by atoms with Gasteiger partial charge < -0.3 is 10.4 Å². The fourth-order valence-electron chi connectivity index (χ4n) is 2.40. The molecular weight excluding hydrogens is 332 g/mol. The third kappa shape index (κ3) is 5.72. The number of hydrogen-bond acceptors (Lipinski definition) is 3. The van der Waals surface area contributed by atoms with Crippen molar-refractivity contribution in [1.82, 2.24) is 10.3 Å². The molecule has 0 aliphatic heterocycles. The lowest BCUT2D eigenvalue weighted by atomic mass is 9.83. The smallest absolute Gasteiger partial charge is 0.127 e. The highest BCUT2D eigenvalue weighted by molar-refractivity contribution is 6.30. The number of phenols is 1. The van der Waals surface area contributed by atoms with Crippen LogP contribution in [0.4, 0.5) is 0 Å². The van der Waals surface area contributed by atoms with Gasteiger partial charge >= 0.3 is 0 Å². The van der Waals surface area contributed by atoms with Crippen LogP contribution in [0.3, 0.4) is 0 Å². The van der Waals surface area contributed by atoms with Gasteiger partial charge in [-0.25, -0.2) is 0 Å². The Labute approximate surface area is 157 Å². The Bertz CT molecular complexity index is 728. The van der Waals surface area contributed by atoms with E-state index in [2.05, 4.69) is 57.9 Å². The predicted octanol–water partition coefficient (Wildman–Crippen LogP) is 5.93. The van der Waals surface area contributed by atoms with E-state index < -0.39 is 0 Å². The largest absolute Gasteiger partial charge is 0.507 e. The first-order valence-corrected chi connectivity index (χ1v) is 8.57. The molecule has 0 bridgehead atoms. The lowest BCUT2D eigenvalue weighted by molar-refractivity contribution is 0.411. The highest BCUT2D eigenvalue weighted by Gasteiger charge is 2.20. The van der Waals surface area contributed by atoms with Crippen molar-refractivity contribution >= 4 is 11.6 Å². The average molecular weight is 363 g/mol. The van der Waals surface area contributed by atoms with Gasteiger partial charge in [-0.3, -0.25) is 4.98 Å². The van der Waals surface area contributed by atoms with Gasteiger partial charge in [-0.2, -0.15) is 0 Å². The number of aromatic hydroxyl groups is 1. The van der Waals surface area contributed by atoms with Gasteiger partial charge in [0.2, 0.25) is 0 Å². The van der Waals surface area contributed by atoms with E-state index >= 15 is 0 Å². The van der Waals surface area contributed by atoms with Gasteiger partial charge in [0.05, 0.1) is 5.02 Å². The van der Waals surface area contributed by atoms with Crippen LogP contribution >= 0.6 is 11.6 Å². The molecule has 2 N–H and O–H groups in total. The van der Waals surface area contributed by atoms with Crippen molar-refractivity contribution in [3.05, 3.63) is 46.7 Å². The molecule has 138 valence electrons. The summed E-state index contributed by atoms with van der Waals surface area (Å²) in [5, 5.41) is 14.8. The van der Waals surface area contributed by atoms with Crippen LogP contribution in [0.25, 0.3) is 11.1 Å². The van der Waals surface area contributed by atoms with Gasteiger partial charge in [0.25, 0.3) is 0 Å². The third-order valence-electron chi connectivity index (χ3n) is 3.88. The maximum atomic E-state index is 10.8. The molecule has 0 saturated heterocycles. The normalized spacial score (nSPS) is 12.0. The zero-order chi connectivity index (χ0) is 18.1. The summed E-state index contributed by atoms with van der Waals surface area (Å²) in [6.45, 7) is 13.4. The van der Waals surface area contributed by atoms with Crippen LogP contribution in [0.15, 0.2) is 30.6 Å². The van der Waals surface area contributed by atoms with E-state index in [-0.39, 0.29) is 24.1 Å². The van der Waals surface area contributed by atoms with Crippen LogP contribution in [0.1, 0.15) is 60.1 Å². The second-order valence-electron chi connectivity index (χ2n) is 8.28. The number of phenolic OH excluding ortho intramolecular Hbond substituents is 1. The van der Waals surface area contributed by atoms with Gasteiger partial charge in [0.15, 0.2) is 0 Å². The van der Waals surface area contributed by atoms with Crippen molar-refractivity contribution in [2.75, 3.05) is 0 Å². The number of hydrogen-bond donors (Lipinski definition) is 2. The molecule has 0 atom stereocenters. The lowest BCUT2D eigenvalue weighted by Gasteiger charge is -2.25. The van der Waals surface area contributed by atoms with Crippen molar-refractivity contribution in [1.29, 1.82) is 0 Å². The lowest BCUT2D eigenvalue weighted by Crippen LogP contribution is -2.35. The van der Waals surface area contributed by atoms with Gasteiger partial charge in [-0.05, 0) is 43.9 Å². The van der Waals surface area contributed by atoms with Gasteiger partial charge in [0, 0.05) is 41.2 Å². The summed E-state index contributed by atoms with van der Waals surface area (Å²) in [7, 11) is 0. The summed E-state index contributed by atoms with van der Waals surface area (Å²) in [5.74, 6) is 0.281. The highest BCUT2D eigenvalue weighted by Crippen LogP contribution is 2.37. The van der Waals surface area contributed by atoms with Crippen LogP contribution in [-0.4, -0.2) is 15.6 Å². The molecule has 0 unspecified atom stereocenters. The second kappa shape index (κ2) is 7.76. The monoisotopic (exact) mass is 362 g/mol. The molecule has 0 amide bonds. The Morgan fingerprint density at radius 1 is 1.04 bits per heavy atom. The van der Waals surface area contributed by atoms with Crippen molar-refractivity contribution in [3.8, 4) is 16.9 Å². The Kier molecular flexibility index (Phi) is 6.66. The molecule has 0 spiro atoms. The van der Waals surface area contributed by atoms with Gasteiger partial charge in [0.1, 0.15) is 5.75 Å². The molecule has 4 heteroatoms. The maximum Gasteiger partial charge on any atom is 0.127 e. The van der Waals surface area contributed by atoms with Crippen LogP contribution < -0.4 is 5.32 Å². The Morgan fingerprint density at radius 2 is 1.68 bits per heavy atom. The molecule has 0 aliphatic rings. The molecule has 3 nitrogen and oxygen atoms in total. The summed E-state index contributed by atoms with van der Waals surface area (Å²) in [4.78, 5) is 4.15. The molecule has 25 heavy (non-hydrogen) atoms. The summed E-state index contributed by atoms with van der Waals surface area (Å²) < 4.78 is 0. The fourth-order valence-corrected chi connectivity index (χ4v) is 2.58. The van der Waals surface area contributed by atoms with Crippen LogP contribution in [-0.2, 0) is 12.0 Å². The predicted molar refractivity (Wildman–Crippen MR) is 108 cm³/mol. The molecule has 0 radical (unpaired) electrons. The maximum absolute atomic E-state index is 10.8. The Morgan fingerprint density at radius 3 is 2.20 bits per heavy atom. The van der Waals surface area contributed by atoms with Crippen LogP contribution in [0.5, 0.6) is 5.75 Å². The van der Waals surface area contributed by atoms with Crippen molar-refractivity contribution in [2.24, 2.45) is 0 Å². The van der Waals surface area contributed by atoms with Gasteiger partial charge in [-0.1, -0.05) is 45.9 Å². The molecule has 1 heterocycles. The number of aromatic nitrogens is 1. The summed E-state index contributed by atoms with van der Waals surface area (Å²) in [5.41, 5.74) is 3.59. The first-order valence-electron chi connectivity index (χ1n) is 8.20. The van der Waals surface area contributed by atoms with E-state index in [1.165, 1.54) is 5.56 Å². The molecular formula is C21H31ClN2O. The van der Waals surface area contributed by atoms with Gasteiger partial charge in [-0.15, -0.1) is 0 Å². The summed E-state index contributed by atoms with van der Waals surface area (Å²) in [6, 6.07) is 5.94. The van der Waals surface area contributed by atoms with E-state index in [4.69, 9.17) is 11.6 Å². The minimum Gasteiger partial charge on any atom is -0.507 e. The Balaban J connectivity index is 0.00000312. The SMILES string of the molecule is C.CC(C)(C)NCc1cc(C(C)(C)C)cc(-c2cncc(Cl)c2)c1O. The van der Waals surface area contributed by atoms with Crippen LogP contribution in [0.2, 0.25) is 5.02 Å². The molecule has 1 aromatic carbocycles. The standard InChI is InChI=1S/C20H27ClN2O.CH4/c1-19(2,3)15-7-14(11-23-20(4,5)6)18(24)17(9-15)13-8-16(21)12-22-10-13;/h7-10,12,23-24H,11H2,1-6H3;1H4. The quantitative estimate of drug-likeness (QED) is 0.711. The molecule has 0 aliphatic carbocycles. The van der Waals surface area contributed by atoms with E-state index in [0.29, 0.717) is 11.6 Å². The molecule has 1 aromatic heterocycles. The molecule has 2 rings (SSSR count). The average Bonchev–Trinajstić information content (AvgIpc) is 2.44. The number of halogens is 1. The van der Waals surface area contributed by atoms with Crippen molar-refractivity contribution in [3.63, 3.8) is 0 Å². The molecule has 0 fully saturated rings. The summed E-state index contributed by atoms with van der Waals surface area (Å²) >= 11 is 6.08. The summed E-state index contributed by atoms with van der Waals surface area (Å²) in [6.07, 6.45) is 3.33. The van der Waals surface area contributed by atoms with E-state index in [9.17, 15) is 5.11 Å². The van der Waals surface area contributed by atoms with E-state index in [0.717, 1.165) is 16.7 Å². The van der Waals surface area contributed by atoms with E-state index in [1.54, 1.807) is 12.4 Å². The zero-order valence-electron chi connectivity index (χ0n) is 15.4. The molecule has 0 saturated carbocycles. The second-order valence-corrected chi connectivity index (χ2v) is 8.71. The zero-order valence-corrected chi connectivity index (χ0v) is 16.1. The minimum absolute atomic E-state index is 0. The van der Waals surface area contributed by atoms with Crippen molar-refractivity contribution < 1.29 is 5.11 Å². The topological polar surface area (TPSA) is 45.2 Å². The third-order valence-corrected chi connectivity index (χ3v) is 4.09. The van der Waals surface area contributed by atoms with Crippen LogP contribution in [0, 0.1) is 0 Å². The number of rotatable bonds is 3. The van der Waals surface area contributed by atoms with Crippen molar-refractivity contribution in [2.45, 2.75) is 66.5 Å². The number of benzene rings is 1. The highest BCUT2D eigenvalue weighted by atomic mass is 35.5. The number of nitrogens with zero attached hydrogens (tertiary/aromatic N) is 1. The Hall–Kier alpha value is -1.58. The number of nitrogens with one attached hydrogen (secondary N) is 1. The number of pyridine rings is 1. The first kappa shape index (κ1) is 21.5. The fraction of sp³-hybridized carbons (Fsp3) is 0.476. The molecule has 2 aromatic rings. The first-order chi connectivity index (χ1) is 11.0.